The summed E-state index contributed by atoms with van der Waals surface area (Å²) in [5.74, 6) is 0.0194. The van der Waals surface area contributed by atoms with Gasteiger partial charge in [-0.3, -0.25) is 19.4 Å². The summed E-state index contributed by atoms with van der Waals surface area (Å²) < 4.78 is 5.74. The maximum Gasteiger partial charge on any atom is 0.237 e. The Morgan fingerprint density at radius 3 is 2.07 bits per heavy atom. The molecule has 1 atom stereocenters. The molecule has 238 valence electrons. The lowest BCUT2D eigenvalue weighted by Gasteiger charge is -2.26. The van der Waals surface area contributed by atoms with Crippen molar-refractivity contribution in [1.29, 1.82) is 0 Å². The number of amides is 2. The van der Waals surface area contributed by atoms with Gasteiger partial charge in [0.15, 0.2) is 5.78 Å². The monoisotopic (exact) mass is 620 g/mol. The minimum Gasteiger partial charge on any atom is -0.402 e. The Bertz CT molecular complexity index is 1360. The van der Waals surface area contributed by atoms with E-state index in [0.717, 1.165) is 48.3 Å². The lowest BCUT2D eigenvalue weighted by atomic mass is 9.82. The predicted molar refractivity (Wildman–Crippen MR) is 182 cm³/mol. The van der Waals surface area contributed by atoms with Crippen molar-refractivity contribution >= 4 is 44.6 Å². The van der Waals surface area contributed by atoms with E-state index in [4.69, 9.17) is 10.5 Å². The van der Waals surface area contributed by atoms with Gasteiger partial charge in [-0.05, 0) is 93.7 Å². The number of carbonyl (C=O) groups excluding carboxylic acids is 3. The molecule has 4 rings (SSSR count). The Kier molecular flexibility index (Phi) is 11.4. The summed E-state index contributed by atoms with van der Waals surface area (Å²) in [7, 11) is -0.614. The Balaban J connectivity index is 1.43. The number of rotatable bonds is 16. The largest absolute Gasteiger partial charge is 0.402 e. The van der Waals surface area contributed by atoms with Crippen molar-refractivity contribution < 1.29 is 19.1 Å². The molecule has 2 aromatic carbocycles. The molecule has 1 unspecified atom stereocenters. The second kappa shape index (κ2) is 15.0. The number of ketones is 1. The van der Waals surface area contributed by atoms with E-state index < -0.39 is 15.9 Å². The molecule has 2 aliphatic rings. The number of nitrogens with zero attached hydrogens (tertiary/aromatic N) is 1. The predicted octanol–water partition coefficient (Wildman–Crippen LogP) is 5.50. The highest BCUT2D eigenvalue weighted by Crippen LogP contribution is 2.52. The van der Waals surface area contributed by atoms with E-state index >= 15 is 0 Å². The third-order valence-electron chi connectivity index (χ3n) is 8.23. The Morgan fingerprint density at radius 1 is 0.909 bits per heavy atom. The number of hydrogen-bond acceptors (Lipinski definition) is 6. The van der Waals surface area contributed by atoms with Gasteiger partial charge in [0.25, 0.3) is 0 Å². The van der Waals surface area contributed by atoms with E-state index in [1.165, 1.54) is 0 Å². The quantitative estimate of drug-likeness (QED) is 0.0991. The molecule has 2 fully saturated rings. The first-order valence-corrected chi connectivity index (χ1v) is 18.5. The zero-order valence-corrected chi connectivity index (χ0v) is 27.5. The van der Waals surface area contributed by atoms with Gasteiger partial charge < -0.3 is 21.1 Å². The van der Waals surface area contributed by atoms with Crippen molar-refractivity contribution in [1.82, 2.24) is 5.32 Å². The normalized spacial score (nSPS) is 17.1. The van der Waals surface area contributed by atoms with Crippen LogP contribution in [0.5, 0.6) is 0 Å². The first-order chi connectivity index (χ1) is 20.9. The van der Waals surface area contributed by atoms with Gasteiger partial charge in [-0.2, -0.15) is 0 Å². The molecule has 0 aliphatic heterocycles. The van der Waals surface area contributed by atoms with Crippen LogP contribution in [0, 0.1) is 23.7 Å². The molecule has 2 saturated carbocycles. The number of allylic oxidation sites excluding steroid dienone is 2. The summed E-state index contributed by atoms with van der Waals surface area (Å²) in [5.41, 5.74) is 10.5. The van der Waals surface area contributed by atoms with Crippen molar-refractivity contribution in [3.05, 3.63) is 71.4 Å². The van der Waals surface area contributed by atoms with Crippen molar-refractivity contribution in [2.75, 3.05) is 49.7 Å². The average Bonchev–Trinajstić information content (AvgIpc) is 3.90. The van der Waals surface area contributed by atoms with Crippen LogP contribution >= 0.6 is 10.0 Å². The summed E-state index contributed by atoms with van der Waals surface area (Å²) >= 11 is 0. The van der Waals surface area contributed by atoms with Crippen LogP contribution < -0.4 is 16.4 Å². The van der Waals surface area contributed by atoms with Gasteiger partial charge >= 0.3 is 0 Å². The third-order valence-corrected chi connectivity index (χ3v) is 9.62. The van der Waals surface area contributed by atoms with E-state index in [2.05, 4.69) is 34.4 Å². The zero-order chi connectivity index (χ0) is 31.9. The van der Waals surface area contributed by atoms with Crippen LogP contribution in [0.4, 0.5) is 5.69 Å². The molecule has 0 aromatic heterocycles. The van der Waals surface area contributed by atoms with Crippen LogP contribution in [0.2, 0.25) is 0 Å². The molecule has 2 amide bonds. The third kappa shape index (κ3) is 9.79. The second-order valence-electron chi connectivity index (χ2n) is 12.9. The second-order valence-corrected chi connectivity index (χ2v) is 17.5. The lowest BCUT2D eigenvalue weighted by molar-refractivity contribution is -0.135. The fraction of sp³-hybridized carbons (Fsp3) is 0.486. The van der Waals surface area contributed by atoms with E-state index in [1.807, 2.05) is 44.2 Å². The zero-order valence-electron chi connectivity index (χ0n) is 26.7. The van der Waals surface area contributed by atoms with Crippen LogP contribution in [-0.2, 0) is 14.3 Å². The number of nitrogens with one attached hydrogen (secondary N) is 2. The highest BCUT2D eigenvalue weighted by Gasteiger charge is 2.50. The van der Waals surface area contributed by atoms with Crippen molar-refractivity contribution in [3.63, 3.8) is 0 Å². The molecule has 8 nitrogen and oxygen atoms in total. The maximum atomic E-state index is 13.7. The molecule has 0 radical (unpaired) electrons. The summed E-state index contributed by atoms with van der Waals surface area (Å²) in [6.45, 7) is 4.57. The van der Waals surface area contributed by atoms with Gasteiger partial charge in [0.1, 0.15) is 12.6 Å². The summed E-state index contributed by atoms with van der Waals surface area (Å²) in [6.07, 6.45) is 10.9. The van der Waals surface area contributed by atoms with Crippen LogP contribution in [0.1, 0.15) is 55.5 Å². The summed E-state index contributed by atoms with van der Waals surface area (Å²) in [5, 5.41) is 5.78. The number of hydrogen-bond donors (Lipinski definition) is 3. The Labute approximate surface area is 263 Å². The van der Waals surface area contributed by atoms with Crippen LogP contribution in [0.15, 0.2) is 65.3 Å². The van der Waals surface area contributed by atoms with E-state index in [1.54, 1.807) is 24.3 Å². The molecule has 9 heteroatoms. The molecular formula is C35H48N4O4S. The SMILES string of the molecule is CC(=NCOCCS(C)(C)C)C(=C(C)N)c1ccc(NC(=O)C(C(=O)NCC(=O)c2ccccc2)C(C2CC2)C2CC2)cc1. The van der Waals surface area contributed by atoms with E-state index in [9.17, 15) is 14.4 Å². The van der Waals surface area contributed by atoms with Crippen molar-refractivity contribution in [2.45, 2.75) is 39.5 Å². The number of carbonyl (C=O) groups is 3. The summed E-state index contributed by atoms with van der Waals surface area (Å²) in [6, 6.07) is 16.3. The van der Waals surface area contributed by atoms with E-state index in [-0.39, 0.29) is 36.8 Å². The van der Waals surface area contributed by atoms with Crippen LogP contribution in [0.3, 0.4) is 0 Å². The molecular weight excluding hydrogens is 572 g/mol. The highest BCUT2D eigenvalue weighted by atomic mass is 32.3. The molecule has 0 heterocycles. The highest BCUT2D eigenvalue weighted by molar-refractivity contribution is 8.32. The first kappa shape index (κ1) is 33.5. The minimum atomic E-state index is -0.853. The van der Waals surface area contributed by atoms with Gasteiger partial charge in [0.2, 0.25) is 11.8 Å². The number of Topliss-reactive ketones (excluding diaryl/α,β-unsaturated/α-hetero) is 1. The molecule has 0 saturated heterocycles. The van der Waals surface area contributed by atoms with E-state index in [0.29, 0.717) is 35.4 Å². The van der Waals surface area contributed by atoms with Gasteiger partial charge in [-0.25, -0.2) is 10.0 Å². The smallest absolute Gasteiger partial charge is 0.237 e. The lowest BCUT2D eigenvalue weighted by Crippen LogP contribution is -2.45. The maximum absolute atomic E-state index is 13.7. The Hall–Kier alpha value is -3.43. The fourth-order valence-electron chi connectivity index (χ4n) is 5.62. The number of ether oxygens (including phenoxy) is 1. The first-order valence-electron chi connectivity index (χ1n) is 15.4. The van der Waals surface area contributed by atoms with Gasteiger partial charge in [-0.15, -0.1) is 0 Å². The molecule has 44 heavy (non-hydrogen) atoms. The Morgan fingerprint density at radius 2 is 1.52 bits per heavy atom. The van der Waals surface area contributed by atoms with Gasteiger partial charge in [0, 0.05) is 34.0 Å². The minimum absolute atomic E-state index is 0.0126. The topological polar surface area (TPSA) is 123 Å². The van der Waals surface area contributed by atoms with Crippen LogP contribution in [0.25, 0.3) is 5.57 Å². The summed E-state index contributed by atoms with van der Waals surface area (Å²) in [4.78, 5) is 44.5. The molecule has 2 aliphatic carbocycles. The van der Waals surface area contributed by atoms with Crippen molar-refractivity contribution in [3.8, 4) is 0 Å². The van der Waals surface area contributed by atoms with Gasteiger partial charge in [0.05, 0.1) is 13.2 Å². The fourth-order valence-corrected chi connectivity index (χ4v) is 6.24. The molecule has 0 spiro atoms. The van der Waals surface area contributed by atoms with Crippen LogP contribution in [-0.4, -0.2) is 67.7 Å². The number of nitrogens with two attached hydrogens (primary N) is 1. The van der Waals surface area contributed by atoms with Gasteiger partial charge in [-0.1, -0.05) is 42.5 Å². The van der Waals surface area contributed by atoms with Crippen molar-refractivity contribution in [2.24, 2.45) is 34.4 Å². The standard InChI is InChI=1S/C35H48N4O4S/c1-23(36)31(24(2)38-22-43-19-20-44(3,4)5)26-15-17-29(18-16-26)39-35(42)33(32(27-11-12-27)28-13-14-28)34(41)37-21-30(40)25-9-7-6-8-10-25/h6-10,15-18,27-28,32-33H,11-14,19-22,36H2,1-5H3,(H,37,41)(H,39,42). The number of aliphatic imine (C=N–C) groups is 1. The number of benzene rings is 2. The molecule has 0 bridgehead atoms. The molecule has 2 aromatic rings. The average molecular weight is 621 g/mol. The number of anilines is 1. The molecule has 4 N–H and O–H groups in total.